The first-order chi connectivity index (χ1) is 14.2. The van der Waals surface area contributed by atoms with E-state index in [4.69, 9.17) is 0 Å². The van der Waals surface area contributed by atoms with Gasteiger partial charge in [0, 0.05) is 33.8 Å². The lowest BCUT2D eigenvalue weighted by Gasteiger charge is -2.05. The molecule has 0 spiro atoms. The van der Waals surface area contributed by atoms with Gasteiger partial charge in [-0.1, -0.05) is 30.3 Å². The SMILES string of the molecule is O=C(NCc1ccccc1)c1ccc2[nH]c(-c3nc4cscc4[nH]c3=O)cc2c1. The molecule has 0 fully saturated rings. The lowest BCUT2D eigenvalue weighted by Crippen LogP contribution is -2.22. The van der Waals surface area contributed by atoms with Gasteiger partial charge >= 0.3 is 0 Å². The highest BCUT2D eigenvalue weighted by Gasteiger charge is 2.13. The van der Waals surface area contributed by atoms with Gasteiger partial charge in [-0.25, -0.2) is 4.98 Å². The van der Waals surface area contributed by atoms with Crippen molar-refractivity contribution in [1.29, 1.82) is 0 Å². The van der Waals surface area contributed by atoms with Crippen LogP contribution < -0.4 is 10.9 Å². The first-order valence-electron chi connectivity index (χ1n) is 9.09. The second-order valence-corrected chi connectivity index (χ2v) is 7.48. The van der Waals surface area contributed by atoms with Crippen molar-refractivity contribution in [1.82, 2.24) is 20.3 Å². The molecule has 142 valence electrons. The molecule has 0 aliphatic carbocycles. The van der Waals surface area contributed by atoms with Crippen molar-refractivity contribution in [2.75, 3.05) is 0 Å². The summed E-state index contributed by atoms with van der Waals surface area (Å²) < 4.78 is 0. The molecule has 0 aliphatic rings. The van der Waals surface area contributed by atoms with Gasteiger partial charge in [-0.15, -0.1) is 11.3 Å². The maximum atomic E-state index is 12.5. The molecular formula is C22H16N4O2S. The van der Waals surface area contributed by atoms with E-state index in [0.717, 1.165) is 27.5 Å². The molecule has 0 atom stereocenters. The first-order valence-corrected chi connectivity index (χ1v) is 10.0. The maximum absolute atomic E-state index is 12.5. The fraction of sp³-hybridized carbons (Fsp3) is 0.0455. The Hall–Kier alpha value is -3.71. The molecule has 0 unspecified atom stereocenters. The van der Waals surface area contributed by atoms with Crippen LogP contribution in [0.3, 0.4) is 0 Å². The summed E-state index contributed by atoms with van der Waals surface area (Å²) in [5, 5.41) is 7.53. The standard InChI is InChI=1S/C22H16N4O2S/c27-21(23-10-13-4-2-1-3-5-13)14-6-7-16-15(8-14)9-17(24-16)20-22(28)26-19-12-29-11-18(19)25-20/h1-9,11-12,24H,10H2,(H,23,27)(H,26,28). The Bertz CT molecular complexity index is 1400. The summed E-state index contributed by atoms with van der Waals surface area (Å²) in [5.41, 5.74) is 4.64. The summed E-state index contributed by atoms with van der Waals surface area (Å²) in [6, 6.07) is 17.0. The number of nitrogens with one attached hydrogen (secondary N) is 3. The van der Waals surface area contributed by atoms with Crippen molar-refractivity contribution in [3.8, 4) is 11.4 Å². The Morgan fingerprint density at radius 1 is 1.00 bits per heavy atom. The number of H-pyrrole nitrogens is 2. The lowest BCUT2D eigenvalue weighted by atomic mass is 10.1. The number of benzene rings is 2. The van der Waals surface area contributed by atoms with Gasteiger partial charge < -0.3 is 15.3 Å². The van der Waals surface area contributed by atoms with Crippen LogP contribution in [0.25, 0.3) is 33.3 Å². The predicted octanol–water partition coefficient (Wildman–Crippen LogP) is 4.06. The normalized spacial score (nSPS) is 11.2. The van der Waals surface area contributed by atoms with Crippen molar-refractivity contribution in [2.24, 2.45) is 0 Å². The molecule has 0 saturated carbocycles. The Morgan fingerprint density at radius 3 is 2.72 bits per heavy atom. The number of rotatable bonds is 4. The van der Waals surface area contributed by atoms with E-state index in [9.17, 15) is 9.59 Å². The molecule has 29 heavy (non-hydrogen) atoms. The molecule has 3 N–H and O–H groups in total. The number of amides is 1. The highest BCUT2D eigenvalue weighted by molar-refractivity contribution is 7.09. The van der Waals surface area contributed by atoms with Crippen LogP contribution in [-0.4, -0.2) is 20.9 Å². The molecular weight excluding hydrogens is 384 g/mol. The minimum absolute atomic E-state index is 0.144. The largest absolute Gasteiger partial charge is 0.353 e. The zero-order chi connectivity index (χ0) is 19.8. The third-order valence-corrected chi connectivity index (χ3v) is 5.50. The highest BCUT2D eigenvalue weighted by atomic mass is 32.1. The molecule has 7 heteroatoms. The van der Waals surface area contributed by atoms with Gasteiger partial charge in [0.25, 0.3) is 11.5 Å². The van der Waals surface area contributed by atoms with Crippen LogP contribution in [0, 0.1) is 0 Å². The van der Waals surface area contributed by atoms with Crippen LogP contribution in [-0.2, 0) is 6.54 Å². The zero-order valence-electron chi connectivity index (χ0n) is 15.2. The summed E-state index contributed by atoms with van der Waals surface area (Å²) in [6.07, 6.45) is 0. The van der Waals surface area contributed by atoms with Crippen LogP contribution in [0.2, 0.25) is 0 Å². The molecule has 3 aromatic heterocycles. The molecule has 1 amide bonds. The number of thiophene rings is 1. The van der Waals surface area contributed by atoms with Gasteiger partial charge in [-0.05, 0) is 29.8 Å². The summed E-state index contributed by atoms with van der Waals surface area (Å²) >= 11 is 1.49. The Balaban J connectivity index is 1.44. The molecule has 2 aromatic carbocycles. The smallest absolute Gasteiger partial charge is 0.276 e. The predicted molar refractivity (Wildman–Crippen MR) is 115 cm³/mol. The van der Waals surface area contributed by atoms with Gasteiger partial charge in [0.15, 0.2) is 5.69 Å². The van der Waals surface area contributed by atoms with E-state index >= 15 is 0 Å². The Morgan fingerprint density at radius 2 is 1.86 bits per heavy atom. The maximum Gasteiger partial charge on any atom is 0.276 e. The number of fused-ring (bicyclic) bond motifs is 2. The van der Waals surface area contributed by atoms with E-state index in [1.807, 2.05) is 59.3 Å². The molecule has 0 bridgehead atoms. The monoisotopic (exact) mass is 400 g/mol. The van der Waals surface area contributed by atoms with Gasteiger partial charge in [-0.3, -0.25) is 9.59 Å². The third-order valence-electron chi connectivity index (χ3n) is 4.77. The fourth-order valence-corrected chi connectivity index (χ4v) is 3.98. The number of hydrogen-bond donors (Lipinski definition) is 3. The van der Waals surface area contributed by atoms with E-state index in [-0.39, 0.29) is 11.5 Å². The number of aromatic amines is 2. The van der Waals surface area contributed by atoms with E-state index in [0.29, 0.717) is 23.5 Å². The van der Waals surface area contributed by atoms with Crippen molar-refractivity contribution in [3.63, 3.8) is 0 Å². The van der Waals surface area contributed by atoms with Crippen molar-refractivity contribution < 1.29 is 4.79 Å². The average molecular weight is 400 g/mol. The minimum atomic E-state index is -0.247. The van der Waals surface area contributed by atoms with Crippen LogP contribution >= 0.6 is 11.3 Å². The molecule has 0 aliphatic heterocycles. The highest BCUT2D eigenvalue weighted by Crippen LogP contribution is 2.23. The number of carbonyl (C=O) groups is 1. The van der Waals surface area contributed by atoms with E-state index in [1.54, 1.807) is 6.07 Å². The summed E-state index contributed by atoms with van der Waals surface area (Å²) in [6.45, 7) is 0.468. The van der Waals surface area contributed by atoms with Crippen molar-refractivity contribution in [3.05, 3.63) is 86.8 Å². The number of aromatic nitrogens is 3. The van der Waals surface area contributed by atoms with E-state index in [2.05, 4.69) is 20.3 Å². The van der Waals surface area contributed by atoms with Crippen LogP contribution in [0.1, 0.15) is 15.9 Å². The van der Waals surface area contributed by atoms with Crippen LogP contribution in [0.5, 0.6) is 0 Å². The molecule has 3 heterocycles. The molecule has 0 radical (unpaired) electrons. The topological polar surface area (TPSA) is 90.6 Å². The number of nitrogens with zero attached hydrogens (tertiary/aromatic N) is 1. The van der Waals surface area contributed by atoms with Crippen LogP contribution in [0.4, 0.5) is 0 Å². The van der Waals surface area contributed by atoms with Crippen molar-refractivity contribution >= 4 is 39.2 Å². The van der Waals surface area contributed by atoms with Gasteiger partial charge in [0.05, 0.1) is 16.7 Å². The molecule has 6 nitrogen and oxygen atoms in total. The van der Waals surface area contributed by atoms with E-state index in [1.165, 1.54) is 11.3 Å². The van der Waals surface area contributed by atoms with Gasteiger partial charge in [0.2, 0.25) is 0 Å². The third kappa shape index (κ3) is 3.32. The second kappa shape index (κ2) is 7.03. The molecule has 5 rings (SSSR count). The minimum Gasteiger partial charge on any atom is -0.353 e. The van der Waals surface area contributed by atoms with Gasteiger partial charge in [-0.2, -0.15) is 0 Å². The number of hydrogen-bond acceptors (Lipinski definition) is 4. The Labute approximate surface area is 169 Å². The van der Waals surface area contributed by atoms with Crippen molar-refractivity contribution in [2.45, 2.75) is 6.54 Å². The van der Waals surface area contributed by atoms with Gasteiger partial charge in [0.1, 0.15) is 0 Å². The first kappa shape index (κ1) is 17.4. The average Bonchev–Trinajstić information content (AvgIpc) is 3.37. The fourth-order valence-electron chi connectivity index (χ4n) is 3.29. The van der Waals surface area contributed by atoms with Crippen LogP contribution in [0.15, 0.2) is 70.2 Å². The number of carbonyl (C=O) groups excluding carboxylic acids is 1. The quantitative estimate of drug-likeness (QED) is 0.425. The molecule has 5 aromatic rings. The lowest BCUT2D eigenvalue weighted by molar-refractivity contribution is 0.0951. The van der Waals surface area contributed by atoms with E-state index < -0.39 is 0 Å². The molecule has 0 saturated heterocycles. The second-order valence-electron chi connectivity index (χ2n) is 6.74. The zero-order valence-corrected chi connectivity index (χ0v) is 16.0. The summed E-state index contributed by atoms with van der Waals surface area (Å²) in [4.78, 5) is 35.5. The Kier molecular flexibility index (Phi) is 4.22. The summed E-state index contributed by atoms with van der Waals surface area (Å²) in [7, 11) is 0. The summed E-state index contributed by atoms with van der Waals surface area (Å²) in [5.74, 6) is -0.144.